The molecule has 2 N–H and O–H groups in total. The van der Waals surface area contributed by atoms with Crippen LogP contribution in [-0.4, -0.2) is 41.6 Å². The number of methoxy groups -OCH3 is 1. The monoisotopic (exact) mass is 440 g/mol. The van der Waals surface area contributed by atoms with Crippen molar-refractivity contribution in [3.8, 4) is 0 Å². The van der Waals surface area contributed by atoms with Gasteiger partial charge in [0.2, 0.25) is 5.89 Å². The molecule has 0 spiro atoms. The van der Waals surface area contributed by atoms with Gasteiger partial charge in [-0.15, -0.1) is 11.8 Å². The summed E-state index contributed by atoms with van der Waals surface area (Å²) in [5.41, 5.74) is 1.23. The number of carbonyl (C=O) groups is 3. The number of nitrogens with one attached hydrogen (secondary N) is 2. The quantitative estimate of drug-likeness (QED) is 0.405. The number of nitrogens with zero attached hydrogens (tertiary/aromatic N) is 2. The van der Waals surface area contributed by atoms with Crippen molar-refractivity contribution in [1.29, 1.82) is 0 Å². The molecular formula is C21H20N4O5S. The zero-order valence-electron chi connectivity index (χ0n) is 16.9. The third-order valence-corrected chi connectivity index (χ3v) is 5.11. The number of aryl methyl sites for hydroxylation is 1. The molecule has 9 nitrogen and oxygen atoms in total. The molecule has 3 aromatic rings. The van der Waals surface area contributed by atoms with Gasteiger partial charge in [-0.1, -0.05) is 23.4 Å². The minimum Gasteiger partial charge on any atom is -0.468 e. The highest BCUT2D eigenvalue weighted by Gasteiger charge is 2.14. The Labute approximate surface area is 182 Å². The van der Waals surface area contributed by atoms with Crippen molar-refractivity contribution in [3.63, 3.8) is 0 Å². The van der Waals surface area contributed by atoms with E-state index in [1.54, 1.807) is 37.3 Å². The number of amides is 2. The van der Waals surface area contributed by atoms with Gasteiger partial charge in [-0.05, 0) is 37.3 Å². The summed E-state index contributed by atoms with van der Waals surface area (Å²) in [4.78, 5) is 41.1. The van der Waals surface area contributed by atoms with E-state index in [4.69, 9.17) is 4.52 Å². The van der Waals surface area contributed by atoms with Crippen molar-refractivity contribution in [2.45, 2.75) is 17.6 Å². The molecular weight excluding hydrogens is 420 g/mol. The Hall–Kier alpha value is -3.66. The summed E-state index contributed by atoms with van der Waals surface area (Å²) >= 11 is 1.41. The van der Waals surface area contributed by atoms with Crippen LogP contribution in [0.3, 0.4) is 0 Å². The molecule has 0 saturated heterocycles. The van der Waals surface area contributed by atoms with Crippen molar-refractivity contribution in [2.75, 3.05) is 19.0 Å². The Kier molecular flexibility index (Phi) is 7.39. The average molecular weight is 440 g/mol. The summed E-state index contributed by atoms with van der Waals surface area (Å²) in [7, 11) is 1.24. The summed E-state index contributed by atoms with van der Waals surface area (Å²) in [6, 6.07) is 13.6. The number of benzene rings is 2. The fraction of sp³-hybridized carbons (Fsp3) is 0.190. The van der Waals surface area contributed by atoms with E-state index in [0.29, 0.717) is 34.3 Å². The number of thioether (sulfide) groups is 1. The number of carbonyl (C=O) groups excluding carboxylic acids is 3. The maximum Gasteiger partial charge on any atom is 0.325 e. The molecule has 3 rings (SSSR count). The van der Waals surface area contributed by atoms with E-state index in [1.165, 1.54) is 24.9 Å². The fourth-order valence-corrected chi connectivity index (χ4v) is 3.47. The van der Waals surface area contributed by atoms with Crippen molar-refractivity contribution >= 4 is 35.2 Å². The number of ether oxygens (including phenoxy) is 1. The van der Waals surface area contributed by atoms with E-state index in [9.17, 15) is 14.4 Å². The molecule has 10 heteroatoms. The number of esters is 1. The molecule has 1 heterocycles. The van der Waals surface area contributed by atoms with Crippen molar-refractivity contribution < 1.29 is 23.6 Å². The highest BCUT2D eigenvalue weighted by Crippen LogP contribution is 2.26. The van der Waals surface area contributed by atoms with Crippen LogP contribution in [0.4, 0.5) is 5.69 Å². The fourth-order valence-electron chi connectivity index (χ4n) is 2.58. The lowest BCUT2D eigenvalue weighted by atomic mass is 10.1. The van der Waals surface area contributed by atoms with Gasteiger partial charge >= 0.3 is 5.97 Å². The molecule has 1 aromatic heterocycles. The number of hydrogen-bond acceptors (Lipinski definition) is 8. The predicted molar refractivity (Wildman–Crippen MR) is 114 cm³/mol. The third-order valence-electron chi connectivity index (χ3n) is 4.06. The second kappa shape index (κ2) is 10.4. The summed E-state index contributed by atoms with van der Waals surface area (Å²) < 4.78 is 9.61. The molecule has 0 bridgehead atoms. The number of hydrogen-bond donors (Lipinski definition) is 2. The van der Waals surface area contributed by atoms with Gasteiger partial charge in [-0.25, -0.2) is 0 Å². The van der Waals surface area contributed by atoms with Crippen LogP contribution in [0.15, 0.2) is 57.9 Å². The summed E-state index contributed by atoms with van der Waals surface area (Å²) in [6.07, 6.45) is 0. The topological polar surface area (TPSA) is 123 Å². The summed E-state index contributed by atoms with van der Waals surface area (Å²) in [5.74, 6) is 0.133. The Bertz CT molecular complexity index is 1100. The van der Waals surface area contributed by atoms with Gasteiger partial charge in [0.1, 0.15) is 6.54 Å². The second-order valence-corrected chi connectivity index (χ2v) is 7.33. The van der Waals surface area contributed by atoms with Crippen LogP contribution in [0, 0.1) is 6.92 Å². The third kappa shape index (κ3) is 6.16. The lowest BCUT2D eigenvalue weighted by Crippen LogP contribution is -2.30. The van der Waals surface area contributed by atoms with Crippen LogP contribution >= 0.6 is 11.8 Å². The van der Waals surface area contributed by atoms with Crippen LogP contribution in [0.5, 0.6) is 0 Å². The number of anilines is 1. The Morgan fingerprint density at radius 1 is 1.10 bits per heavy atom. The Morgan fingerprint density at radius 3 is 2.65 bits per heavy atom. The molecule has 2 amide bonds. The zero-order chi connectivity index (χ0) is 22.2. The molecule has 0 atom stereocenters. The minimum atomic E-state index is -0.553. The lowest BCUT2D eigenvalue weighted by molar-refractivity contribution is -0.139. The van der Waals surface area contributed by atoms with Crippen LogP contribution in [0.25, 0.3) is 0 Å². The zero-order valence-corrected chi connectivity index (χ0v) is 17.7. The van der Waals surface area contributed by atoms with Gasteiger partial charge in [0.15, 0.2) is 5.82 Å². The van der Waals surface area contributed by atoms with Crippen molar-refractivity contribution in [1.82, 2.24) is 15.5 Å². The lowest BCUT2D eigenvalue weighted by Gasteiger charge is -2.10. The van der Waals surface area contributed by atoms with Gasteiger partial charge in [0.25, 0.3) is 11.8 Å². The average Bonchev–Trinajstić information content (AvgIpc) is 3.21. The van der Waals surface area contributed by atoms with Crippen molar-refractivity contribution in [3.05, 3.63) is 71.4 Å². The molecule has 160 valence electrons. The molecule has 0 radical (unpaired) electrons. The molecule has 0 aliphatic carbocycles. The van der Waals surface area contributed by atoms with E-state index in [2.05, 4.69) is 25.5 Å². The van der Waals surface area contributed by atoms with Crippen LogP contribution < -0.4 is 10.6 Å². The van der Waals surface area contributed by atoms with Crippen LogP contribution in [-0.2, 0) is 15.3 Å². The van der Waals surface area contributed by atoms with E-state index >= 15 is 0 Å². The highest BCUT2D eigenvalue weighted by molar-refractivity contribution is 7.98. The van der Waals surface area contributed by atoms with E-state index < -0.39 is 11.9 Å². The van der Waals surface area contributed by atoms with Crippen molar-refractivity contribution in [2.24, 2.45) is 0 Å². The van der Waals surface area contributed by atoms with Gasteiger partial charge < -0.3 is 19.9 Å². The van der Waals surface area contributed by atoms with E-state index in [1.807, 2.05) is 12.1 Å². The van der Waals surface area contributed by atoms with E-state index in [-0.39, 0.29) is 12.5 Å². The Balaban J connectivity index is 1.67. The largest absolute Gasteiger partial charge is 0.468 e. The molecule has 0 fully saturated rings. The first-order valence-electron chi connectivity index (χ1n) is 9.23. The van der Waals surface area contributed by atoms with Crippen LogP contribution in [0.2, 0.25) is 0 Å². The summed E-state index contributed by atoms with van der Waals surface area (Å²) in [6.45, 7) is 1.50. The summed E-state index contributed by atoms with van der Waals surface area (Å²) in [5, 5.41) is 9.01. The smallest absolute Gasteiger partial charge is 0.325 e. The maximum atomic E-state index is 12.8. The minimum absolute atomic E-state index is 0.240. The molecule has 0 aliphatic heterocycles. The molecule has 31 heavy (non-hydrogen) atoms. The first kappa shape index (κ1) is 22.0. The van der Waals surface area contributed by atoms with Gasteiger partial charge in [-0.2, -0.15) is 4.98 Å². The predicted octanol–water partition coefficient (Wildman–Crippen LogP) is 2.83. The normalized spacial score (nSPS) is 10.4. The number of aromatic nitrogens is 2. The maximum absolute atomic E-state index is 12.8. The second-order valence-electron chi connectivity index (χ2n) is 6.31. The SMILES string of the molecule is COC(=O)CNC(=O)c1cccc(NC(=O)c2ccccc2SCc2nc(C)no2)c1. The van der Waals surface area contributed by atoms with Crippen LogP contribution in [0.1, 0.15) is 32.4 Å². The molecule has 0 saturated carbocycles. The van der Waals surface area contributed by atoms with Gasteiger partial charge in [0.05, 0.1) is 18.4 Å². The van der Waals surface area contributed by atoms with Gasteiger partial charge in [0, 0.05) is 16.1 Å². The Morgan fingerprint density at radius 2 is 1.90 bits per heavy atom. The first-order chi connectivity index (χ1) is 15.0. The highest BCUT2D eigenvalue weighted by atomic mass is 32.2. The first-order valence-corrected chi connectivity index (χ1v) is 10.2. The molecule has 0 unspecified atom stereocenters. The molecule has 0 aliphatic rings. The number of rotatable bonds is 8. The molecule has 2 aromatic carbocycles. The standard InChI is InChI=1S/C21H20N4O5S/c1-13-23-18(30-25-13)12-31-17-9-4-3-8-16(17)21(28)24-15-7-5-6-14(10-15)20(27)22-11-19(26)29-2/h3-10H,11-12H2,1-2H3,(H,22,27)(H,24,28). The van der Waals surface area contributed by atoms with Gasteiger partial charge in [-0.3, -0.25) is 14.4 Å². The van der Waals surface area contributed by atoms with E-state index in [0.717, 1.165) is 4.90 Å².